The van der Waals surface area contributed by atoms with E-state index in [0.29, 0.717) is 28.4 Å². The van der Waals surface area contributed by atoms with Crippen LogP contribution in [0.5, 0.6) is 0 Å². The first-order valence-electron chi connectivity index (χ1n) is 7.36. The highest BCUT2D eigenvalue weighted by Crippen LogP contribution is 2.32. The van der Waals surface area contributed by atoms with E-state index in [2.05, 4.69) is 18.7 Å². The molecule has 0 aliphatic carbocycles. The summed E-state index contributed by atoms with van der Waals surface area (Å²) in [4.78, 5) is 2.49. The predicted molar refractivity (Wildman–Crippen MR) is 85.5 cm³/mol. The first-order valence-corrected chi connectivity index (χ1v) is 8.12. The molecule has 2 unspecified atom stereocenters. The molecule has 1 fully saturated rings. The summed E-state index contributed by atoms with van der Waals surface area (Å²) in [5.74, 6) is 0.671. The first-order chi connectivity index (χ1) is 9.50. The lowest BCUT2D eigenvalue weighted by atomic mass is 10.0. The van der Waals surface area contributed by atoms with Crippen molar-refractivity contribution in [3.05, 3.63) is 33.8 Å². The van der Waals surface area contributed by atoms with Crippen molar-refractivity contribution in [2.75, 3.05) is 13.1 Å². The number of hydrogen-bond acceptors (Lipinski definition) is 2. The maximum absolute atomic E-state index is 10.3. The Balaban J connectivity index is 1.95. The summed E-state index contributed by atoms with van der Waals surface area (Å²) in [5, 5.41) is 11.3. The Bertz CT molecular complexity index is 450. The van der Waals surface area contributed by atoms with Gasteiger partial charge in [-0.05, 0) is 37.8 Å². The highest BCUT2D eigenvalue weighted by atomic mass is 35.5. The average Bonchev–Trinajstić information content (AvgIpc) is 2.87. The van der Waals surface area contributed by atoms with Crippen molar-refractivity contribution in [2.24, 2.45) is 5.92 Å². The van der Waals surface area contributed by atoms with E-state index in [4.69, 9.17) is 23.2 Å². The van der Waals surface area contributed by atoms with Gasteiger partial charge in [0.15, 0.2) is 0 Å². The molecular weight excluding hydrogens is 293 g/mol. The summed E-state index contributed by atoms with van der Waals surface area (Å²) in [7, 11) is 0. The molecule has 1 aromatic rings. The summed E-state index contributed by atoms with van der Waals surface area (Å²) in [6.45, 7) is 6.59. The van der Waals surface area contributed by atoms with E-state index in [-0.39, 0.29) is 0 Å². The molecule has 1 N–H and O–H groups in total. The van der Waals surface area contributed by atoms with Gasteiger partial charge in [0.05, 0.1) is 16.1 Å². The quantitative estimate of drug-likeness (QED) is 0.862. The highest BCUT2D eigenvalue weighted by molar-refractivity contribution is 6.42. The van der Waals surface area contributed by atoms with Gasteiger partial charge in [0.25, 0.3) is 0 Å². The number of benzene rings is 1. The van der Waals surface area contributed by atoms with E-state index in [0.717, 1.165) is 18.7 Å². The van der Waals surface area contributed by atoms with Crippen LogP contribution in [0, 0.1) is 5.92 Å². The number of aliphatic hydroxyl groups is 1. The molecule has 20 heavy (non-hydrogen) atoms. The molecule has 1 saturated heterocycles. The Hall–Kier alpha value is -0.280. The van der Waals surface area contributed by atoms with E-state index in [1.807, 2.05) is 12.1 Å². The molecule has 0 amide bonds. The molecule has 0 radical (unpaired) electrons. The molecule has 2 rings (SSSR count). The Kier molecular flexibility index (Phi) is 5.74. The number of aliphatic hydroxyl groups excluding tert-OH is 1. The summed E-state index contributed by atoms with van der Waals surface area (Å²) in [6, 6.07) is 6.08. The SMILES string of the molecule is CC(C)C1CCCN1CCC(O)c1cccc(Cl)c1Cl. The molecule has 0 spiro atoms. The lowest BCUT2D eigenvalue weighted by molar-refractivity contribution is 0.128. The van der Waals surface area contributed by atoms with Gasteiger partial charge in [-0.3, -0.25) is 0 Å². The molecule has 1 aliphatic heterocycles. The molecule has 2 nitrogen and oxygen atoms in total. The number of halogens is 2. The normalized spacial score (nSPS) is 21.6. The zero-order chi connectivity index (χ0) is 14.7. The summed E-state index contributed by atoms with van der Waals surface area (Å²) < 4.78 is 0. The average molecular weight is 316 g/mol. The molecule has 1 aromatic carbocycles. The van der Waals surface area contributed by atoms with Gasteiger partial charge >= 0.3 is 0 Å². The fourth-order valence-corrected chi connectivity index (χ4v) is 3.54. The zero-order valence-electron chi connectivity index (χ0n) is 12.1. The molecule has 0 aromatic heterocycles. The Morgan fingerprint density at radius 3 is 2.80 bits per heavy atom. The van der Waals surface area contributed by atoms with Crippen LogP contribution in [0.15, 0.2) is 18.2 Å². The van der Waals surface area contributed by atoms with Gasteiger partial charge in [0, 0.05) is 18.2 Å². The van der Waals surface area contributed by atoms with Crippen LogP contribution in [-0.4, -0.2) is 29.1 Å². The second-order valence-corrected chi connectivity index (χ2v) is 6.72. The number of nitrogens with zero attached hydrogens (tertiary/aromatic N) is 1. The summed E-state index contributed by atoms with van der Waals surface area (Å²) >= 11 is 12.2. The molecule has 1 aliphatic rings. The summed E-state index contributed by atoms with van der Waals surface area (Å²) in [5.41, 5.74) is 0.736. The number of likely N-dealkylation sites (tertiary alicyclic amines) is 1. The third-order valence-corrected chi connectivity index (χ3v) is 5.05. The second-order valence-electron chi connectivity index (χ2n) is 5.94. The van der Waals surface area contributed by atoms with Crippen molar-refractivity contribution in [3.63, 3.8) is 0 Å². The lowest BCUT2D eigenvalue weighted by Crippen LogP contribution is -2.34. The van der Waals surface area contributed by atoms with Gasteiger partial charge in [-0.1, -0.05) is 49.2 Å². The van der Waals surface area contributed by atoms with Gasteiger partial charge in [0.2, 0.25) is 0 Å². The van der Waals surface area contributed by atoms with Crippen LogP contribution in [0.25, 0.3) is 0 Å². The van der Waals surface area contributed by atoms with E-state index >= 15 is 0 Å². The van der Waals surface area contributed by atoms with Crippen LogP contribution in [0.3, 0.4) is 0 Å². The number of hydrogen-bond donors (Lipinski definition) is 1. The van der Waals surface area contributed by atoms with E-state index < -0.39 is 6.10 Å². The van der Waals surface area contributed by atoms with Gasteiger partial charge < -0.3 is 10.0 Å². The Morgan fingerprint density at radius 1 is 1.35 bits per heavy atom. The standard InChI is InChI=1S/C16H23Cl2NO/c1-11(2)14-7-4-9-19(14)10-8-15(20)12-5-3-6-13(17)16(12)18/h3,5-6,11,14-15,20H,4,7-10H2,1-2H3. The molecule has 1 heterocycles. The predicted octanol–water partition coefficient (Wildman–Crippen LogP) is 4.54. The maximum Gasteiger partial charge on any atom is 0.0817 e. The van der Waals surface area contributed by atoms with Crippen molar-refractivity contribution in [1.29, 1.82) is 0 Å². The lowest BCUT2D eigenvalue weighted by Gasteiger charge is -2.28. The van der Waals surface area contributed by atoms with E-state index in [9.17, 15) is 5.11 Å². The van der Waals surface area contributed by atoms with Gasteiger partial charge in [-0.15, -0.1) is 0 Å². The molecular formula is C16H23Cl2NO. The summed E-state index contributed by atoms with van der Waals surface area (Å²) in [6.07, 6.45) is 2.68. The maximum atomic E-state index is 10.3. The van der Waals surface area contributed by atoms with Crippen molar-refractivity contribution in [2.45, 2.75) is 45.3 Å². The molecule has 2 atom stereocenters. The first kappa shape index (κ1) is 16.1. The molecule has 112 valence electrons. The monoisotopic (exact) mass is 315 g/mol. The van der Waals surface area contributed by atoms with Gasteiger partial charge in [-0.2, -0.15) is 0 Å². The fraction of sp³-hybridized carbons (Fsp3) is 0.625. The third kappa shape index (κ3) is 3.67. The molecule has 4 heteroatoms. The van der Waals surface area contributed by atoms with Gasteiger partial charge in [-0.25, -0.2) is 0 Å². The molecule has 0 saturated carbocycles. The third-order valence-electron chi connectivity index (χ3n) is 4.21. The van der Waals surface area contributed by atoms with Crippen LogP contribution in [0.1, 0.15) is 44.8 Å². The van der Waals surface area contributed by atoms with Crippen LogP contribution in [0.2, 0.25) is 10.0 Å². The number of rotatable bonds is 5. The minimum Gasteiger partial charge on any atom is -0.388 e. The minimum atomic E-state index is -0.547. The van der Waals surface area contributed by atoms with Crippen molar-refractivity contribution >= 4 is 23.2 Å². The topological polar surface area (TPSA) is 23.5 Å². The van der Waals surface area contributed by atoms with Crippen molar-refractivity contribution < 1.29 is 5.11 Å². The second kappa shape index (κ2) is 7.13. The fourth-order valence-electron chi connectivity index (χ4n) is 3.11. The largest absolute Gasteiger partial charge is 0.388 e. The van der Waals surface area contributed by atoms with Crippen LogP contribution >= 0.6 is 23.2 Å². The van der Waals surface area contributed by atoms with Crippen molar-refractivity contribution in [3.8, 4) is 0 Å². The highest BCUT2D eigenvalue weighted by Gasteiger charge is 2.27. The van der Waals surface area contributed by atoms with E-state index in [1.165, 1.54) is 12.8 Å². The Morgan fingerprint density at radius 2 is 2.10 bits per heavy atom. The van der Waals surface area contributed by atoms with Crippen molar-refractivity contribution in [1.82, 2.24) is 4.90 Å². The molecule has 0 bridgehead atoms. The Labute approximate surface area is 131 Å². The van der Waals surface area contributed by atoms with Gasteiger partial charge in [0.1, 0.15) is 0 Å². The smallest absolute Gasteiger partial charge is 0.0817 e. The van der Waals surface area contributed by atoms with Crippen LogP contribution in [-0.2, 0) is 0 Å². The minimum absolute atomic E-state index is 0.475. The van der Waals surface area contributed by atoms with Crippen LogP contribution in [0.4, 0.5) is 0 Å². The zero-order valence-corrected chi connectivity index (χ0v) is 13.7. The van der Waals surface area contributed by atoms with E-state index in [1.54, 1.807) is 6.07 Å². The van der Waals surface area contributed by atoms with Crippen LogP contribution < -0.4 is 0 Å².